The van der Waals surface area contributed by atoms with Gasteiger partial charge in [0.25, 0.3) is 5.91 Å². The molecule has 8 heteroatoms. The Kier molecular flexibility index (Phi) is 5.77. The van der Waals surface area contributed by atoms with Crippen LogP contribution in [-0.4, -0.2) is 45.1 Å². The summed E-state index contributed by atoms with van der Waals surface area (Å²) in [6, 6.07) is 10.3. The summed E-state index contributed by atoms with van der Waals surface area (Å²) in [5.41, 5.74) is 1.73. The van der Waals surface area contributed by atoms with Crippen LogP contribution < -0.4 is 4.90 Å². The number of hydrogen-bond donors (Lipinski definition) is 2. The van der Waals surface area contributed by atoms with Crippen LogP contribution in [0.2, 0.25) is 0 Å². The highest BCUT2D eigenvalue weighted by atomic mass is 16.5. The maximum absolute atomic E-state index is 13.1. The highest BCUT2D eigenvalue weighted by Gasteiger charge is 2.21. The predicted molar refractivity (Wildman–Crippen MR) is 99.2 cm³/mol. The van der Waals surface area contributed by atoms with Gasteiger partial charge in [0.1, 0.15) is 18.2 Å². The zero-order valence-electron chi connectivity index (χ0n) is 14.9. The fraction of sp³-hybridized carbons (Fsp3) is 0.263. The van der Waals surface area contributed by atoms with Crippen LogP contribution >= 0.6 is 0 Å². The zero-order valence-corrected chi connectivity index (χ0v) is 14.9. The fourth-order valence-corrected chi connectivity index (χ4v) is 2.70. The van der Waals surface area contributed by atoms with E-state index in [0.29, 0.717) is 34.8 Å². The number of imidazole rings is 1. The number of amides is 1. The molecule has 2 N–H and O–H groups in total. The molecule has 0 bridgehead atoms. The molecule has 2 aromatic heterocycles. The number of pyridine rings is 1. The lowest BCUT2D eigenvalue weighted by atomic mass is 10.1. The molecule has 3 rings (SSSR count). The second kappa shape index (κ2) is 8.41. The molecule has 0 aliphatic heterocycles. The summed E-state index contributed by atoms with van der Waals surface area (Å²) >= 11 is 0. The van der Waals surface area contributed by atoms with Crippen molar-refractivity contribution in [2.24, 2.45) is 0 Å². The van der Waals surface area contributed by atoms with Gasteiger partial charge in [-0.05, 0) is 37.3 Å². The van der Waals surface area contributed by atoms with Crippen molar-refractivity contribution in [3.8, 4) is 0 Å². The topological polar surface area (TPSA) is 108 Å². The van der Waals surface area contributed by atoms with Gasteiger partial charge in [0, 0.05) is 18.3 Å². The Morgan fingerprint density at radius 2 is 2.11 bits per heavy atom. The Bertz CT molecular complexity index is 939. The van der Waals surface area contributed by atoms with Crippen LogP contribution in [0.3, 0.4) is 0 Å². The molecule has 1 aromatic carbocycles. The number of rotatable bonds is 7. The van der Waals surface area contributed by atoms with E-state index in [9.17, 15) is 14.7 Å². The Balaban J connectivity index is 1.88. The molecular weight excluding hydrogens is 348 g/mol. The van der Waals surface area contributed by atoms with Gasteiger partial charge in [0.2, 0.25) is 0 Å². The number of anilines is 1. The van der Waals surface area contributed by atoms with Gasteiger partial charge in [-0.1, -0.05) is 6.07 Å². The van der Waals surface area contributed by atoms with Crippen LogP contribution in [0, 0.1) is 0 Å². The number of fused-ring (bicyclic) bond motifs is 1. The highest BCUT2D eigenvalue weighted by Crippen LogP contribution is 2.19. The van der Waals surface area contributed by atoms with Crippen molar-refractivity contribution >= 4 is 28.7 Å². The van der Waals surface area contributed by atoms with Gasteiger partial charge in [0.05, 0.1) is 24.1 Å². The van der Waals surface area contributed by atoms with Crippen LogP contribution in [0.15, 0.2) is 42.6 Å². The Morgan fingerprint density at radius 3 is 2.81 bits per heavy atom. The van der Waals surface area contributed by atoms with E-state index in [4.69, 9.17) is 4.74 Å². The van der Waals surface area contributed by atoms with E-state index in [0.717, 1.165) is 0 Å². The summed E-state index contributed by atoms with van der Waals surface area (Å²) in [6.45, 7) is 1.97. The van der Waals surface area contributed by atoms with Crippen molar-refractivity contribution in [1.82, 2.24) is 15.0 Å². The number of aromatic nitrogens is 3. The first-order valence-corrected chi connectivity index (χ1v) is 8.60. The number of nitrogens with one attached hydrogen (secondary N) is 1. The Morgan fingerprint density at radius 1 is 1.26 bits per heavy atom. The van der Waals surface area contributed by atoms with Gasteiger partial charge in [-0.25, -0.2) is 9.97 Å². The smallest absolute Gasteiger partial charge is 0.307 e. The number of carbonyl (C=O) groups is 2. The minimum Gasteiger partial charge on any atom is -0.466 e. The number of benzene rings is 1. The molecule has 0 spiro atoms. The van der Waals surface area contributed by atoms with E-state index in [-0.39, 0.29) is 31.4 Å². The first-order chi connectivity index (χ1) is 13.1. The second-order valence-corrected chi connectivity index (χ2v) is 5.77. The molecule has 0 saturated heterocycles. The number of esters is 1. The summed E-state index contributed by atoms with van der Waals surface area (Å²) in [4.78, 5) is 37.7. The molecule has 0 unspecified atom stereocenters. The van der Waals surface area contributed by atoms with E-state index < -0.39 is 0 Å². The maximum atomic E-state index is 13.1. The fourth-order valence-electron chi connectivity index (χ4n) is 2.70. The van der Waals surface area contributed by atoms with Crippen LogP contribution in [0.5, 0.6) is 0 Å². The van der Waals surface area contributed by atoms with Gasteiger partial charge in [-0.3, -0.25) is 14.5 Å². The lowest BCUT2D eigenvalue weighted by molar-refractivity contribution is -0.142. The standard InChI is InChI=1S/C19H20N4O4/c1-2-27-18(25)8-10-23(17-5-3-4-9-20-17)19(26)13-6-7-14-15(11-13)22-16(12-24)21-14/h3-7,9,11,24H,2,8,10,12H2,1H3,(H,21,22). The van der Waals surface area contributed by atoms with E-state index in [1.807, 2.05) is 0 Å². The minimum absolute atomic E-state index is 0.0666. The molecule has 0 saturated carbocycles. The molecule has 0 aliphatic rings. The molecular formula is C19H20N4O4. The third-order valence-electron chi connectivity index (χ3n) is 3.94. The molecule has 0 atom stereocenters. The van der Waals surface area contributed by atoms with Crippen molar-refractivity contribution in [2.75, 3.05) is 18.1 Å². The second-order valence-electron chi connectivity index (χ2n) is 5.77. The number of ether oxygens (including phenoxy) is 1. The third kappa shape index (κ3) is 4.29. The Labute approximate surface area is 155 Å². The average molecular weight is 368 g/mol. The molecule has 1 amide bonds. The summed E-state index contributed by atoms with van der Waals surface area (Å²) in [6.07, 6.45) is 1.66. The molecule has 0 aliphatic carbocycles. The SMILES string of the molecule is CCOC(=O)CCN(C(=O)c1ccc2nc(CO)[nH]c2c1)c1ccccn1. The predicted octanol–water partition coefficient (Wildman–Crippen LogP) is 2.05. The number of H-pyrrole nitrogens is 1. The molecule has 140 valence electrons. The van der Waals surface area contributed by atoms with Gasteiger partial charge < -0.3 is 14.8 Å². The van der Waals surface area contributed by atoms with Crippen LogP contribution in [0.4, 0.5) is 5.82 Å². The third-order valence-corrected chi connectivity index (χ3v) is 3.94. The zero-order chi connectivity index (χ0) is 19.2. The van der Waals surface area contributed by atoms with Crippen LogP contribution in [0.25, 0.3) is 11.0 Å². The number of aromatic amines is 1. The number of nitrogens with zero attached hydrogens (tertiary/aromatic N) is 3. The van der Waals surface area contributed by atoms with Crippen LogP contribution in [-0.2, 0) is 16.1 Å². The van der Waals surface area contributed by atoms with Crippen LogP contribution in [0.1, 0.15) is 29.5 Å². The number of aliphatic hydroxyl groups is 1. The van der Waals surface area contributed by atoms with Crippen molar-refractivity contribution in [1.29, 1.82) is 0 Å². The summed E-state index contributed by atoms with van der Waals surface area (Å²) in [7, 11) is 0. The monoisotopic (exact) mass is 368 g/mol. The lowest BCUT2D eigenvalue weighted by Crippen LogP contribution is -2.34. The number of carbonyl (C=O) groups excluding carboxylic acids is 2. The molecule has 3 aromatic rings. The van der Waals surface area contributed by atoms with E-state index in [2.05, 4.69) is 15.0 Å². The van der Waals surface area contributed by atoms with Gasteiger partial charge in [0.15, 0.2) is 0 Å². The minimum atomic E-state index is -0.372. The maximum Gasteiger partial charge on any atom is 0.307 e. The lowest BCUT2D eigenvalue weighted by Gasteiger charge is -2.21. The first kappa shape index (κ1) is 18.5. The average Bonchev–Trinajstić information content (AvgIpc) is 3.11. The van der Waals surface area contributed by atoms with Crippen molar-refractivity contribution in [3.63, 3.8) is 0 Å². The molecule has 2 heterocycles. The Hall–Kier alpha value is -3.26. The van der Waals surface area contributed by atoms with E-state index >= 15 is 0 Å². The number of aliphatic hydroxyl groups excluding tert-OH is 1. The van der Waals surface area contributed by atoms with Crippen molar-refractivity contribution in [3.05, 3.63) is 54.0 Å². The molecule has 8 nitrogen and oxygen atoms in total. The van der Waals surface area contributed by atoms with Crippen molar-refractivity contribution in [2.45, 2.75) is 20.0 Å². The largest absolute Gasteiger partial charge is 0.466 e. The summed E-state index contributed by atoms with van der Waals surface area (Å²) < 4.78 is 4.95. The first-order valence-electron chi connectivity index (χ1n) is 8.60. The quantitative estimate of drug-likeness (QED) is 0.618. The summed E-state index contributed by atoms with van der Waals surface area (Å²) in [5.74, 6) is 0.217. The normalized spacial score (nSPS) is 10.7. The highest BCUT2D eigenvalue weighted by molar-refractivity contribution is 6.07. The molecule has 0 fully saturated rings. The molecule has 27 heavy (non-hydrogen) atoms. The van der Waals surface area contributed by atoms with E-state index in [1.54, 1.807) is 49.5 Å². The van der Waals surface area contributed by atoms with Gasteiger partial charge in [-0.15, -0.1) is 0 Å². The van der Waals surface area contributed by atoms with Crippen molar-refractivity contribution < 1.29 is 19.4 Å². The number of hydrogen-bond acceptors (Lipinski definition) is 6. The summed E-state index contributed by atoms with van der Waals surface area (Å²) in [5, 5.41) is 9.20. The molecule has 0 radical (unpaired) electrons. The van der Waals surface area contributed by atoms with Gasteiger partial charge >= 0.3 is 5.97 Å². The van der Waals surface area contributed by atoms with Gasteiger partial charge in [-0.2, -0.15) is 0 Å². The van der Waals surface area contributed by atoms with E-state index in [1.165, 1.54) is 4.90 Å².